The molecule has 1 aromatic rings. The second-order valence-electron chi connectivity index (χ2n) is 9.58. The molecular formula is C24H34FN5O2S. The van der Waals surface area contributed by atoms with Crippen molar-refractivity contribution in [1.82, 2.24) is 20.5 Å². The Kier molecular flexibility index (Phi) is 7.46. The normalized spacial score (nSPS) is 26.6. The highest BCUT2D eigenvalue weighted by atomic mass is 32.2. The van der Waals surface area contributed by atoms with Gasteiger partial charge >= 0.3 is 0 Å². The van der Waals surface area contributed by atoms with Crippen molar-refractivity contribution in [2.45, 2.75) is 64.5 Å². The number of thioether (sulfide) groups is 1. The molecule has 4 unspecified atom stereocenters. The number of fused-ring (bicyclic) bond motifs is 3. The van der Waals surface area contributed by atoms with Crippen LogP contribution in [0.15, 0.2) is 29.4 Å². The van der Waals surface area contributed by atoms with E-state index < -0.39 is 0 Å². The van der Waals surface area contributed by atoms with Crippen LogP contribution in [0.4, 0.5) is 4.39 Å². The fourth-order valence-electron chi connectivity index (χ4n) is 5.00. The van der Waals surface area contributed by atoms with Crippen LogP contribution in [0.2, 0.25) is 0 Å². The van der Waals surface area contributed by atoms with Gasteiger partial charge in [0.2, 0.25) is 11.8 Å². The Morgan fingerprint density at radius 2 is 2.18 bits per heavy atom. The number of hydrogen-bond donors (Lipinski definition) is 2. The summed E-state index contributed by atoms with van der Waals surface area (Å²) >= 11 is 1.54. The lowest BCUT2D eigenvalue weighted by molar-refractivity contribution is -0.157. The van der Waals surface area contributed by atoms with Gasteiger partial charge in [0.15, 0.2) is 11.5 Å². The third-order valence-electron chi connectivity index (χ3n) is 6.61. The number of halogens is 1. The van der Waals surface area contributed by atoms with Crippen molar-refractivity contribution in [3.05, 3.63) is 35.6 Å². The summed E-state index contributed by atoms with van der Waals surface area (Å²) in [4.78, 5) is 30.3. The average Bonchev–Trinajstić information content (AvgIpc) is 3.22. The molecule has 7 nitrogen and oxygen atoms in total. The lowest BCUT2D eigenvalue weighted by Gasteiger charge is -2.51. The monoisotopic (exact) mass is 475 g/mol. The molecular weight excluding hydrogens is 441 g/mol. The maximum absolute atomic E-state index is 13.6. The van der Waals surface area contributed by atoms with Crippen LogP contribution in [0.1, 0.15) is 52.0 Å². The minimum absolute atomic E-state index is 0.0760. The zero-order chi connectivity index (χ0) is 23.5. The molecule has 0 bridgehead atoms. The van der Waals surface area contributed by atoms with E-state index in [0.717, 1.165) is 23.6 Å². The number of amides is 2. The van der Waals surface area contributed by atoms with Crippen LogP contribution in [0.5, 0.6) is 0 Å². The lowest BCUT2D eigenvalue weighted by atomic mass is 9.75. The van der Waals surface area contributed by atoms with Gasteiger partial charge in [-0.1, -0.05) is 44.7 Å². The number of carbonyl (C=O) groups is 2. The highest BCUT2D eigenvalue weighted by Gasteiger charge is 2.52. The zero-order valence-electron chi connectivity index (χ0n) is 19.6. The molecule has 2 aliphatic heterocycles. The highest BCUT2D eigenvalue weighted by Crippen LogP contribution is 2.41. The third-order valence-corrected chi connectivity index (χ3v) is 7.64. The van der Waals surface area contributed by atoms with Crippen LogP contribution in [0.3, 0.4) is 0 Å². The SMILES string of the molecule is CCCN1C(=O)C2CCC(C(=O)NCC(C)C)CC2N2C(SCc3cccc(F)c3)=NNC12. The number of nitrogens with one attached hydrogen (secondary N) is 2. The third kappa shape index (κ3) is 5.13. The van der Waals surface area contributed by atoms with Crippen molar-refractivity contribution in [2.75, 3.05) is 13.1 Å². The summed E-state index contributed by atoms with van der Waals surface area (Å²) in [6, 6.07) is 6.51. The minimum Gasteiger partial charge on any atom is -0.356 e. The number of hydrogen-bond acceptors (Lipinski definition) is 6. The Morgan fingerprint density at radius 3 is 2.91 bits per heavy atom. The second-order valence-corrected chi connectivity index (χ2v) is 10.5. The van der Waals surface area contributed by atoms with Gasteiger partial charge in [-0.3, -0.25) is 15.0 Å². The summed E-state index contributed by atoms with van der Waals surface area (Å²) in [5, 5.41) is 8.45. The molecule has 2 N–H and O–H groups in total. The predicted molar refractivity (Wildman–Crippen MR) is 128 cm³/mol. The number of carbonyl (C=O) groups excluding carboxylic acids is 2. The first-order chi connectivity index (χ1) is 15.9. The van der Waals surface area contributed by atoms with Crippen molar-refractivity contribution in [3.63, 3.8) is 0 Å². The fourth-order valence-corrected chi connectivity index (χ4v) is 5.98. The molecule has 33 heavy (non-hydrogen) atoms. The minimum atomic E-state index is -0.328. The van der Waals surface area contributed by atoms with Gasteiger partial charge in [0.25, 0.3) is 0 Å². The van der Waals surface area contributed by atoms with E-state index >= 15 is 0 Å². The van der Waals surface area contributed by atoms with Crippen LogP contribution in [0, 0.1) is 23.6 Å². The van der Waals surface area contributed by atoms with Gasteiger partial charge in [-0.05, 0) is 49.3 Å². The standard InChI is InChI=1S/C24H34FN5O2S/c1-4-10-29-22(32)19-9-8-17(21(31)26-13-15(2)3)12-20(19)30-23(29)27-28-24(30)33-14-16-6-5-7-18(25)11-16/h5-7,11,15,17,19-20,23,27H,4,8-10,12-14H2,1-3H3,(H,26,31). The second kappa shape index (κ2) is 10.3. The van der Waals surface area contributed by atoms with Crippen molar-refractivity contribution in [1.29, 1.82) is 0 Å². The van der Waals surface area contributed by atoms with E-state index in [1.807, 2.05) is 11.0 Å². The largest absolute Gasteiger partial charge is 0.356 e. The molecule has 2 heterocycles. The van der Waals surface area contributed by atoms with E-state index in [1.54, 1.807) is 17.8 Å². The summed E-state index contributed by atoms with van der Waals surface area (Å²) in [7, 11) is 0. The maximum Gasteiger partial charge on any atom is 0.230 e. The predicted octanol–water partition coefficient (Wildman–Crippen LogP) is 3.33. The molecule has 4 atom stereocenters. The Labute approximate surface area is 199 Å². The molecule has 0 aromatic heterocycles. The first-order valence-corrected chi connectivity index (χ1v) is 12.9. The van der Waals surface area contributed by atoms with E-state index in [1.165, 1.54) is 12.1 Å². The molecule has 2 amide bonds. The smallest absolute Gasteiger partial charge is 0.230 e. The van der Waals surface area contributed by atoms with E-state index in [0.29, 0.717) is 37.6 Å². The molecule has 1 saturated carbocycles. The van der Waals surface area contributed by atoms with E-state index in [2.05, 4.69) is 41.5 Å². The zero-order valence-corrected chi connectivity index (χ0v) is 20.4. The summed E-state index contributed by atoms with van der Waals surface area (Å²) in [6.45, 7) is 7.55. The topological polar surface area (TPSA) is 77.0 Å². The molecule has 3 aliphatic rings. The molecule has 0 radical (unpaired) electrons. The summed E-state index contributed by atoms with van der Waals surface area (Å²) < 4.78 is 13.6. The van der Waals surface area contributed by atoms with E-state index in [-0.39, 0.29) is 41.8 Å². The summed E-state index contributed by atoms with van der Waals surface area (Å²) in [6.07, 6.45) is 2.60. The van der Waals surface area contributed by atoms with Gasteiger partial charge < -0.3 is 15.1 Å². The van der Waals surface area contributed by atoms with Gasteiger partial charge in [0.05, 0.1) is 5.92 Å². The Morgan fingerprint density at radius 1 is 1.36 bits per heavy atom. The molecule has 2 fully saturated rings. The van der Waals surface area contributed by atoms with Gasteiger partial charge in [-0.25, -0.2) is 4.39 Å². The molecule has 0 spiro atoms. The number of hydrazone groups is 1. The fraction of sp³-hybridized carbons (Fsp3) is 0.625. The highest BCUT2D eigenvalue weighted by molar-refractivity contribution is 8.13. The Balaban J connectivity index is 1.52. The number of rotatable bonds is 7. The van der Waals surface area contributed by atoms with Crippen molar-refractivity contribution in [3.8, 4) is 0 Å². The van der Waals surface area contributed by atoms with Crippen molar-refractivity contribution in [2.24, 2.45) is 22.9 Å². The summed E-state index contributed by atoms with van der Waals surface area (Å²) in [5.41, 5.74) is 4.05. The maximum atomic E-state index is 13.6. The van der Waals surface area contributed by atoms with Crippen LogP contribution < -0.4 is 10.7 Å². The molecule has 4 rings (SSSR count). The van der Waals surface area contributed by atoms with Gasteiger partial charge in [0, 0.05) is 30.8 Å². The lowest BCUT2D eigenvalue weighted by Crippen LogP contribution is -2.68. The van der Waals surface area contributed by atoms with Crippen LogP contribution in [-0.4, -0.2) is 52.2 Å². The van der Waals surface area contributed by atoms with E-state index in [9.17, 15) is 14.0 Å². The first-order valence-electron chi connectivity index (χ1n) is 12.0. The van der Waals surface area contributed by atoms with Crippen molar-refractivity contribution >= 4 is 28.7 Å². The van der Waals surface area contributed by atoms with Gasteiger partial charge in [-0.15, -0.1) is 0 Å². The molecule has 1 aliphatic carbocycles. The quantitative estimate of drug-likeness (QED) is 0.633. The van der Waals surface area contributed by atoms with Gasteiger partial charge in [0.1, 0.15) is 5.82 Å². The molecule has 180 valence electrons. The van der Waals surface area contributed by atoms with E-state index in [4.69, 9.17) is 0 Å². The van der Waals surface area contributed by atoms with Crippen molar-refractivity contribution < 1.29 is 14.0 Å². The molecule has 1 aromatic carbocycles. The molecule has 9 heteroatoms. The van der Waals surface area contributed by atoms with Gasteiger partial charge in [-0.2, -0.15) is 5.10 Å². The summed E-state index contributed by atoms with van der Waals surface area (Å²) in [5.74, 6) is 0.724. The number of amidine groups is 1. The van der Waals surface area contributed by atoms with Crippen LogP contribution in [-0.2, 0) is 15.3 Å². The van der Waals surface area contributed by atoms with Crippen LogP contribution >= 0.6 is 11.8 Å². The Hall–Kier alpha value is -2.29. The first kappa shape index (κ1) is 23.9. The average molecular weight is 476 g/mol. The van der Waals surface area contributed by atoms with Crippen LogP contribution in [0.25, 0.3) is 0 Å². The number of benzene rings is 1. The Bertz CT molecular complexity index is 911. The molecule has 1 saturated heterocycles. The number of nitrogens with zero attached hydrogens (tertiary/aromatic N) is 3.